The fraction of sp³-hybridized carbons (Fsp3) is 0.900. The van der Waals surface area contributed by atoms with Gasteiger partial charge < -0.3 is 14.6 Å². The SMILES string of the molecule is CCCCC/C=C\CCCCCCCCOCC(CO)OC(=O)CCCCCCCCCCC. The summed E-state index contributed by atoms with van der Waals surface area (Å²) in [5.74, 6) is -0.207. The van der Waals surface area contributed by atoms with E-state index in [1.165, 1.54) is 109 Å². The molecule has 0 aliphatic heterocycles. The second kappa shape index (κ2) is 28.4. The van der Waals surface area contributed by atoms with Crippen LogP contribution in [-0.4, -0.2) is 37.0 Å². The summed E-state index contributed by atoms with van der Waals surface area (Å²) in [6, 6.07) is 0. The fourth-order valence-corrected chi connectivity index (χ4v) is 4.08. The third-order valence-corrected chi connectivity index (χ3v) is 6.34. The Hall–Kier alpha value is -0.870. The van der Waals surface area contributed by atoms with Crippen molar-refractivity contribution >= 4 is 5.97 Å². The zero-order chi connectivity index (χ0) is 25.0. The van der Waals surface area contributed by atoms with Gasteiger partial charge in [-0.25, -0.2) is 0 Å². The van der Waals surface area contributed by atoms with Gasteiger partial charge >= 0.3 is 5.97 Å². The lowest BCUT2D eigenvalue weighted by atomic mass is 10.1. The lowest BCUT2D eigenvalue weighted by Gasteiger charge is -2.15. The molecule has 0 rings (SSSR count). The van der Waals surface area contributed by atoms with Gasteiger partial charge in [0.1, 0.15) is 6.10 Å². The zero-order valence-corrected chi connectivity index (χ0v) is 22.9. The second-order valence-corrected chi connectivity index (χ2v) is 9.82. The predicted octanol–water partition coefficient (Wildman–Crippen LogP) is 8.70. The van der Waals surface area contributed by atoms with Crippen molar-refractivity contribution in [2.24, 2.45) is 0 Å². The van der Waals surface area contributed by atoms with E-state index in [0.717, 1.165) is 19.3 Å². The van der Waals surface area contributed by atoms with Crippen LogP contribution in [0.1, 0.15) is 149 Å². The first-order valence-electron chi connectivity index (χ1n) is 14.8. The predicted molar refractivity (Wildman–Crippen MR) is 145 cm³/mol. The Morgan fingerprint density at radius 3 is 1.74 bits per heavy atom. The van der Waals surface area contributed by atoms with Crippen LogP contribution in [0.2, 0.25) is 0 Å². The van der Waals surface area contributed by atoms with Gasteiger partial charge in [-0.1, -0.05) is 116 Å². The van der Waals surface area contributed by atoms with E-state index in [9.17, 15) is 9.90 Å². The van der Waals surface area contributed by atoms with Crippen LogP contribution < -0.4 is 0 Å². The van der Waals surface area contributed by atoms with Crippen LogP contribution in [0.25, 0.3) is 0 Å². The molecular formula is C30H58O4. The number of hydrogen-bond donors (Lipinski definition) is 1. The Balaban J connectivity index is 3.45. The van der Waals surface area contributed by atoms with Crippen molar-refractivity contribution in [2.75, 3.05) is 19.8 Å². The Bertz CT molecular complexity index is 436. The molecule has 0 bridgehead atoms. The average Bonchev–Trinajstić information content (AvgIpc) is 2.84. The van der Waals surface area contributed by atoms with Crippen molar-refractivity contribution in [3.63, 3.8) is 0 Å². The lowest BCUT2D eigenvalue weighted by molar-refractivity contribution is -0.154. The molecule has 0 fully saturated rings. The number of carbonyl (C=O) groups is 1. The molecule has 0 aliphatic rings. The molecule has 0 saturated heterocycles. The average molecular weight is 483 g/mol. The molecule has 0 aromatic rings. The largest absolute Gasteiger partial charge is 0.457 e. The van der Waals surface area contributed by atoms with Crippen molar-refractivity contribution in [1.82, 2.24) is 0 Å². The van der Waals surface area contributed by atoms with Crippen LogP contribution in [0.4, 0.5) is 0 Å². The lowest BCUT2D eigenvalue weighted by Crippen LogP contribution is -2.27. The molecule has 4 heteroatoms. The highest BCUT2D eigenvalue weighted by atomic mass is 16.6. The molecule has 1 N–H and O–H groups in total. The van der Waals surface area contributed by atoms with Crippen molar-refractivity contribution in [1.29, 1.82) is 0 Å². The maximum absolute atomic E-state index is 12.0. The zero-order valence-electron chi connectivity index (χ0n) is 22.9. The third kappa shape index (κ3) is 25.7. The summed E-state index contributed by atoms with van der Waals surface area (Å²) in [4.78, 5) is 12.0. The summed E-state index contributed by atoms with van der Waals surface area (Å²) in [7, 11) is 0. The van der Waals surface area contributed by atoms with Crippen LogP contribution in [0.5, 0.6) is 0 Å². The van der Waals surface area contributed by atoms with E-state index >= 15 is 0 Å². The molecule has 202 valence electrons. The van der Waals surface area contributed by atoms with E-state index in [-0.39, 0.29) is 12.6 Å². The van der Waals surface area contributed by atoms with Gasteiger partial charge in [0.2, 0.25) is 0 Å². The number of ether oxygens (including phenoxy) is 2. The number of esters is 1. The monoisotopic (exact) mass is 482 g/mol. The Morgan fingerprint density at radius 2 is 1.15 bits per heavy atom. The summed E-state index contributed by atoms with van der Waals surface area (Å²) in [6.45, 7) is 5.29. The highest BCUT2D eigenvalue weighted by Gasteiger charge is 2.13. The van der Waals surface area contributed by atoms with Crippen molar-refractivity contribution in [3.8, 4) is 0 Å². The number of aliphatic hydroxyl groups is 1. The van der Waals surface area contributed by atoms with Gasteiger partial charge in [-0.15, -0.1) is 0 Å². The molecular weight excluding hydrogens is 424 g/mol. The molecule has 0 aromatic carbocycles. The van der Waals surface area contributed by atoms with E-state index in [4.69, 9.17) is 9.47 Å². The van der Waals surface area contributed by atoms with Crippen LogP contribution in [0.15, 0.2) is 12.2 Å². The summed E-state index contributed by atoms with van der Waals surface area (Å²) >= 11 is 0. The van der Waals surface area contributed by atoms with Crippen LogP contribution >= 0.6 is 0 Å². The van der Waals surface area contributed by atoms with Gasteiger partial charge in [0.25, 0.3) is 0 Å². The summed E-state index contributed by atoms with van der Waals surface area (Å²) < 4.78 is 11.0. The first-order chi connectivity index (χ1) is 16.7. The van der Waals surface area contributed by atoms with E-state index in [0.29, 0.717) is 19.6 Å². The topological polar surface area (TPSA) is 55.8 Å². The number of allylic oxidation sites excluding steroid dienone is 2. The summed E-state index contributed by atoms with van der Waals surface area (Å²) in [5, 5.41) is 9.46. The van der Waals surface area contributed by atoms with E-state index in [1.54, 1.807) is 0 Å². The number of unbranched alkanes of at least 4 members (excludes halogenated alkanes) is 17. The molecule has 0 spiro atoms. The van der Waals surface area contributed by atoms with E-state index in [2.05, 4.69) is 26.0 Å². The van der Waals surface area contributed by atoms with Gasteiger partial charge in [-0.3, -0.25) is 4.79 Å². The molecule has 34 heavy (non-hydrogen) atoms. The number of rotatable bonds is 27. The standard InChI is InChI=1S/C30H58O4/c1-3-5-7-9-11-13-14-15-16-18-20-22-24-26-33-28-29(27-31)34-30(32)25-23-21-19-17-12-10-8-6-4-2/h11,13,29,31H,3-10,12,14-28H2,1-2H3/b13-11-. The second-order valence-electron chi connectivity index (χ2n) is 9.82. The Morgan fingerprint density at radius 1 is 0.676 bits per heavy atom. The Labute approximate surface area is 212 Å². The van der Waals surface area contributed by atoms with Crippen molar-refractivity contribution in [2.45, 2.75) is 155 Å². The smallest absolute Gasteiger partial charge is 0.306 e. The van der Waals surface area contributed by atoms with Gasteiger partial charge in [0.15, 0.2) is 0 Å². The number of hydrogen-bond acceptors (Lipinski definition) is 4. The maximum atomic E-state index is 12.0. The molecule has 0 aromatic heterocycles. The normalized spacial score (nSPS) is 12.4. The molecule has 1 atom stereocenters. The minimum atomic E-state index is -0.527. The Kier molecular flexibility index (Phi) is 27.6. The molecule has 0 saturated carbocycles. The third-order valence-electron chi connectivity index (χ3n) is 6.34. The number of aliphatic hydroxyl groups excluding tert-OH is 1. The maximum Gasteiger partial charge on any atom is 0.306 e. The molecule has 4 nitrogen and oxygen atoms in total. The minimum absolute atomic E-state index is 0.170. The van der Waals surface area contributed by atoms with Gasteiger partial charge in [-0.2, -0.15) is 0 Å². The minimum Gasteiger partial charge on any atom is -0.457 e. The van der Waals surface area contributed by atoms with E-state index in [1.807, 2.05) is 0 Å². The molecule has 1 unspecified atom stereocenters. The van der Waals surface area contributed by atoms with Gasteiger partial charge in [-0.05, 0) is 38.5 Å². The van der Waals surface area contributed by atoms with Gasteiger partial charge in [0.05, 0.1) is 13.2 Å². The quantitative estimate of drug-likeness (QED) is 0.0722. The fourth-order valence-electron chi connectivity index (χ4n) is 4.08. The molecule has 0 heterocycles. The van der Waals surface area contributed by atoms with E-state index < -0.39 is 6.10 Å². The molecule has 0 aliphatic carbocycles. The molecule has 0 amide bonds. The molecule has 0 radical (unpaired) electrons. The first-order valence-corrected chi connectivity index (χ1v) is 14.8. The summed E-state index contributed by atoms with van der Waals surface area (Å²) in [6.07, 6.45) is 29.5. The first kappa shape index (κ1) is 33.1. The van der Waals surface area contributed by atoms with Crippen molar-refractivity contribution in [3.05, 3.63) is 12.2 Å². The van der Waals surface area contributed by atoms with Crippen LogP contribution in [0.3, 0.4) is 0 Å². The van der Waals surface area contributed by atoms with Crippen molar-refractivity contribution < 1.29 is 19.4 Å². The van der Waals surface area contributed by atoms with Crippen LogP contribution in [-0.2, 0) is 14.3 Å². The highest BCUT2D eigenvalue weighted by Crippen LogP contribution is 2.12. The summed E-state index contributed by atoms with van der Waals surface area (Å²) in [5.41, 5.74) is 0. The van der Waals surface area contributed by atoms with Crippen LogP contribution in [0, 0.1) is 0 Å². The highest BCUT2D eigenvalue weighted by molar-refractivity contribution is 5.69. The number of carbonyl (C=O) groups excluding carboxylic acids is 1. The van der Waals surface area contributed by atoms with Gasteiger partial charge in [0, 0.05) is 13.0 Å².